The van der Waals surface area contributed by atoms with Crippen molar-refractivity contribution in [2.24, 2.45) is 0 Å². The van der Waals surface area contributed by atoms with Crippen LogP contribution in [0.25, 0.3) is 22.2 Å². The zero-order valence-electron chi connectivity index (χ0n) is 20.8. The Morgan fingerprint density at radius 3 is 2.39 bits per heavy atom. The lowest BCUT2D eigenvalue weighted by molar-refractivity contribution is -0.137. The van der Waals surface area contributed by atoms with E-state index < -0.39 is 17.6 Å². The van der Waals surface area contributed by atoms with Gasteiger partial charge in [-0.05, 0) is 51.7 Å². The second kappa shape index (κ2) is 9.00. The molecule has 38 heavy (non-hydrogen) atoms. The minimum absolute atomic E-state index is 0.0505. The topological polar surface area (TPSA) is 74.8 Å². The number of benzene rings is 1. The molecule has 0 amide bonds. The number of aryl methyl sites for hydroxylation is 2. The van der Waals surface area contributed by atoms with E-state index in [0.717, 1.165) is 30.5 Å². The third kappa shape index (κ3) is 4.38. The van der Waals surface area contributed by atoms with Gasteiger partial charge in [-0.15, -0.1) is 0 Å². The van der Waals surface area contributed by atoms with E-state index in [4.69, 9.17) is 4.74 Å². The summed E-state index contributed by atoms with van der Waals surface area (Å²) in [6, 6.07) is 2.51. The van der Waals surface area contributed by atoms with Gasteiger partial charge in [0.1, 0.15) is 11.3 Å². The summed E-state index contributed by atoms with van der Waals surface area (Å²) in [6.07, 6.45) is 3.53. The van der Waals surface area contributed by atoms with Crippen molar-refractivity contribution in [3.63, 3.8) is 0 Å². The molecule has 0 radical (unpaired) electrons. The molecular formula is C27H25F4N5O2. The average Bonchev–Trinajstić information content (AvgIpc) is 3.61. The lowest BCUT2D eigenvalue weighted by atomic mass is 9.98. The molecule has 1 aliphatic heterocycles. The van der Waals surface area contributed by atoms with Crippen LogP contribution >= 0.6 is 0 Å². The molecule has 0 spiro atoms. The summed E-state index contributed by atoms with van der Waals surface area (Å²) in [5, 5.41) is 4.44. The Morgan fingerprint density at radius 2 is 1.71 bits per heavy atom. The maximum atomic E-state index is 15.1. The molecule has 4 heterocycles. The first-order valence-electron chi connectivity index (χ1n) is 12.5. The predicted molar refractivity (Wildman–Crippen MR) is 131 cm³/mol. The first-order chi connectivity index (χ1) is 18.1. The van der Waals surface area contributed by atoms with Gasteiger partial charge >= 0.3 is 6.18 Å². The van der Waals surface area contributed by atoms with Gasteiger partial charge in [-0.25, -0.2) is 14.4 Å². The molecule has 11 heteroatoms. The maximum absolute atomic E-state index is 15.1. The monoisotopic (exact) mass is 527 g/mol. The quantitative estimate of drug-likeness (QED) is 0.311. The summed E-state index contributed by atoms with van der Waals surface area (Å²) in [5.74, 6) is -1.05. The lowest BCUT2D eigenvalue weighted by Gasteiger charge is -2.31. The summed E-state index contributed by atoms with van der Waals surface area (Å²) in [6.45, 7) is 3.83. The van der Waals surface area contributed by atoms with Crippen molar-refractivity contribution in [3.05, 3.63) is 75.5 Å². The van der Waals surface area contributed by atoms with E-state index in [1.165, 1.54) is 10.8 Å². The summed E-state index contributed by atoms with van der Waals surface area (Å²) < 4.78 is 64.2. The van der Waals surface area contributed by atoms with Crippen LogP contribution < -0.4 is 5.56 Å². The first-order valence-corrected chi connectivity index (χ1v) is 12.5. The highest BCUT2D eigenvalue weighted by atomic mass is 19.4. The number of hydrogen-bond acceptors (Lipinski definition) is 5. The van der Waals surface area contributed by atoms with Crippen LogP contribution in [-0.4, -0.2) is 30.9 Å². The van der Waals surface area contributed by atoms with E-state index in [-0.39, 0.29) is 39.9 Å². The summed E-state index contributed by atoms with van der Waals surface area (Å²) in [4.78, 5) is 22.6. The Morgan fingerprint density at radius 1 is 0.974 bits per heavy atom. The minimum Gasteiger partial charge on any atom is -0.373 e. The van der Waals surface area contributed by atoms with Crippen LogP contribution in [0.5, 0.6) is 0 Å². The highest BCUT2D eigenvalue weighted by molar-refractivity contribution is 5.91. The zero-order chi connectivity index (χ0) is 26.8. The largest absolute Gasteiger partial charge is 0.416 e. The standard InChI is InChI=1S/C27H25F4N5O2/c1-14-15(2)34-25-24(33-14)21(20-6-3-17(9-22(20)28)27(29,30)31)13-35(26(25)37)19-7-8-38-23(10-19)16-11-32-36(12-16)18-4-5-18/h3,6,9,11-13,18-19,23H,4-5,7-8,10H2,1-2H3. The van der Waals surface area contributed by atoms with E-state index in [1.807, 2.05) is 10.9 Å². The Labute approximate surface area is 215 Å². The van der Waals surface area contributed by atoms with Crippen molar-refractivity contribution in [2.45, 2.75) is 63.9 Å². The van der Waals surface area contributed by atoms with Crippen LogP contribution in [0, 0.1) is 19.7 Å². The molecule has 0 bridgehead atoms. The number of aromatic nitrogens is 5. The van der Waals surface area contributed by atoms with Crippen LogP contribution in [0.15, 0.2) is 41.6 Å². The van der Waals surface area contributed by atoms with Crippen LogP contribution in [0.4, 0.5) is 17.6 Å². The van der Waals surface area contributed by atoms with Crippen molar-refractivity contribution in [2.75, 3.05) is 6.61 Å². The molecule has 2 fully saturated rings. The fourth-order valence-electron chi connectivity index (χ4n) is 5.02. The molecule has 3 aromatic heterocycles. The Balaban J connectivity index is 1.46. The number of hydrogen-bond donors (Lipinski definition) is 0. The van der Waals surface area contributed by atoms with Crippen molar-refractivity contribution >= 4 is 11.0 Å². The molecule has 198 valence electrons. The fourth-order valence-corrected chi connectivity index (χ4v) is 5.02. The van der Waals surface area contributed by atoms with Gasteiger partial charge in [0.25, 0.3) is 5.56 Å². The third-order valence-corrected chi connectivity index (χ3v) is 7.42. The van der Waals surface area contributed by atoms with E-state index in [0.29, 0.717) is 42.9 Å². The molecular weight excluding hydrogens is 502 g/mol. The van der Waals surface area contributed by atoms with Gasteiger partial charge in [0.05, 0.1) is 35.3 Å². The number of nitrogens with zero attached hydrogens (tertiary/aromatic N) is 5. The van der Waals surface area contributed by atoms with Crippen molar-refractivity contribution in [1.82, 2.24) is 24.3 Å². The smallest absolute Gasteiger partial charge is 0.373 e. The summed E-state index contributed by atoms with van der Waals surface area (Å²) in [5.41, 5.74) is 0.882. The number of pyridine rings is 1. The van der Waals surface area contributed by atoms with Crippen molar-refractivity contribution in [3.8, 4) is 11.1 Å². The zero-order valence-corrected chi connectivity index (χ0v) is 20.8. The molecule has 2 aliphatic rings. The lowest BCUT2D eigenvalue weighted by Crippen LogP contribution is -2.31. The van der Waals surface area contributed by atoms with Crippen molar-refractivity contribution < 1.29 is 22.3 Å². The number of rotatable bonds is 4. The van der Waals surface area contributed by atoms with Crippen LogP contribution in [-0.2, 0) is 10.9 Å². The van der Waals surface area contributed by atoms with Gasteiger partial charge in [-0.1, -0.05) is 6.07 Å². The normalized spacial score (nSPS) is 20.3. The molecule has 4 aromatic rings. The number of alkyl halides is 3. The van der Waals surface area contributed by atoms with Gasteiger partial charge in [-0.2, -0.15) is 18.3 Å². The Hall–Kier alpha value is -3.60. The molecule has 1 aliphatic carbocycles. The SMILES string of the molecule is Cc1nc2c(-c3ccc(C(F)(F)F)cc3F)cn(C3CCOC(c4cnn(C5CC5)c4)C3)c(=O)c2nc1C. The van der Waals surface area contributed by atoms with E-state index >= 15 is 4.39 Å². The molecule has 7 nitrogen and oxygen atoms in total. The summed E-state index contributed by atoms with van der Waals surface area (Å²) in [7, 11) is 0. The minimum atomic E-state index is -4.68. The second-order valence-corrected chi connectivity index (χ2v) is 10.1. The van der Waals surface area contributed by atoms with Gasteiger partial charge in [0.15, 0.2) is 5.52 Å². The number of ether oxygens (including phenoxy) is 1. The molecule has 1 saturated heterocycles. The highest BCUT2D eigenvalue weighted by Gasteiger charge is 2.33. The Kier molecular flexibility index (Phi) is 5.86. The molecule has 6 rings (SSSR count). The second-order valence-electron chi connectivity index (χ2n) is 10.1. The first kappa shape index (κ1) is 24.7. The summed E-state index contributed by atoms with van der Waals surface area (Å²) >= 11 is 0. The molecule has 1 saturated carbocycles. The molecule has 1 aromatic carbocycles. The van der Waals surface area contributed by atoms with E-state index in [9.17, 15) is 18.0 Å². The number of halogens is 4. The highest BCUT2D eigenvalue weighted by Crippen LogP contribution is 2.39. The van der Waals surface area contributed by atoms with Crippen LogP contribution in [0.1, 0.15) is 66.4 Å². The Bertz CT molecular complexity index is 1610. The van der Waals surface area contributed by atoms with Gasteiger partial charge in [0.2, 0.25) is 0 Å². The van der Waals surface area contributed by atoms with E-state index in [2.05, 4.69) is 15.1 Å². The van der Waals surface area contributed by atoms with Crippen LogP contribution in [0.3, 0.4) is 0 Å². The maximum Gasteiger partial charge on any atom is 0.416 e. The molecule has 2 atom stereocenters. The van der Waals surface area contributed by atoms with Crippen molar-refractivity contribution in [1.29, 1.82) is 0 Å². The van der Waals surface area contributed by atoms with Gasteiger partial charge in [-0.3, -0.25) is 9.48 Å². The predicted octanol–water partition coefficient (Wildman–Crippen LogP) is 5.86. The van der Waals surface area contributed by atoms with E-state index in [1.54, 1.807) is 20.0 Å². The van der Waals surface area contributed by atoms with Crippen LogP contribution in [0.2, 0.25) is 0 Å². The third-order valence-electron chi connectivity index (χ3n) is 7.42. The average molecular weight is 528 g/mol. The van der Waals surface area contributed by atoms with Gasteiger partial charge in [0, 0.05) is 41.7 Å². The van der Waals surface area contributed by atoms with Gasteiger partial charge < -0.3 is 9.30 Å². The fraction of sp³-hybridized carbons (Fsp3) is 0.407. The molecule has 0 N–H and O–H groups in total. The number of fused-ring (bicyclic) bond motifs is 1. The molecule has 2 unspecified atom stereocenters.